The van der Waals surface area contributed by atoms with Crippen molar-refractivity contribution in [3.63, 3.8) is 0 Å². The van der Waals surface area contributed by atoms with E-state index in [2.05, 4.69) is 14.8 Å². The summed E-state index contributed by atoms with van der Waals surface area (Å²) in [7, 11) is 0. The van der Waals surface area contributed by atoms with E-state index in [0.29, 0.717) is 31.0 Å². The highest BCUT2D eigenvalue weighted by Gasteiger charge is 2.47. The number of rotatable bonds is 4. The van der Waals surface area contributed by atoms with Gasteiger partial charge >= 0.3 is 0 Å². The van der Waals surface area contributed by atoms with Crippen molar-refractivity contribution in [2.45, 2.75) is 25.3 Å². The summed E-state index contributed by atoms with van der Waals surface area (Å²) in [4.78, 5) is 24.5. The van der Waals surface area contributed by atoms with Gasteiger partial charge in [0.15, 0.2) is 0 Å². The molecule has 1 aliphatic carbocycles. The Hall–Kier alpha value is -2.41. The third kappa shape index (κ3) is 3.28. The van der Waals surface area contributed by atoms with Gasteiger partial charge in [-0.3, -0.25) is 9.78 Å². The van der Waals surface area contributed by atoms with Crippen LogP contribution in [0.4, 0.5) is 16.2 Å². The average Bonchev–Trinajstić information content (AvgIpc) is 2.93. The molecule has 7 heteroatoms. The summed E-state index contributed by atoms with van der Waals surface area (Å²) in [6.45, 7) is 3.74. The largest absolute Gasteiger partial charge is 0.378 e. The molecule has 0 bridgehead atoms. The van der Waals surface area contributed by atoms with Gasteiger partial charge in [0.2, 0.25) is 5.95 Å². The van der Waals surface area contributed by atoms with Gasteiger partial charge in [-0.2, -0.15) is 4.98 Å². The molecular weight excluding hydrogens is 359 g/mol. The van der Waals surface area contributed by atoms with Crippen LogP contribution < -0.4 is 15.4 Å². The molecular formula is C21H25FN4O2. The lowest BCUT2D eigenvalue weighted by Gasteiger charge is -2.34. The molecule has 3 atom stereocenters. The van der Waals surface area contributed by atoms with E-state index in [1.54, 1.807) is 6.07 Å². The SMILES string of the molecule is O=c1cc(N2CCOCC2)nc(N2C[C@@H]3CC[C@@H]3[C@H]2Cc2ccc(F)cc2)[nH]1. The normalized spacial score (nSPS) is 26.8. The van der Waals surface area contributed by atoms with Gasteiger partial charge in [-0.1, -0.05) is 12.1 Å². The van der Waals surface area contributed by atoms with Crippen LogP contribution in [-0.4, -0.2) is 48.9 Å². The Morgan fingerprint density at radius 1 is 1.18 bits per heavy atom. The van der Waals surface area contributed by atoms with E-state index in [4.69, 9.17) is 9.72 Å². The molecule has 28 heavy (non-hydrogen) atoms. The Morgan fingerprint density at radius 2 is 1.96 bits per heavy atom. The summed E-state index contributed by atoms with van der Waals surface area (Å²) >= 11 is 0. The zero-order chi connectivity index (χ0) is 19.1. The molecule has 1 aromatic carbocycles. The highest BCUT2D eigenvalue weighted by Crippen LogP contribution is 2.46. The fourth-order valence-electron chi connectivity index (χ4n) is 4.84. The van der Waals surface area contributed by atoms with Crippen molar-refractivity contribution in [2.75, 3.05) is 42.6 Å². The highest BCUT2D eigenvalue weighted by molar-refractivity contribution is 5.46. The van der Waals surface area contributed by atoms with Crippen LogP contribution >= 0.6 is 0 Å². The van der Waals surface area contributed by atoms with Gasteiger partial charge in [-0.15, -0.1) is 0 Å². The molecule has 2 saturated heterocycles. The van der Waals surface area contributed by atoms with E-state index in [0.717, 1.165) is 37.4 Å². The lowest BCUT2D eigenvalue weighted by Crippen LogP contribution is -2.40. The minimum atomic E-state index is -0.210. The number of hydrogen-bond acceptors (Lipinski definition) is 5. The Kier molecular flexibility index (Phi) is 4.55. The molecule has 0 radical (unpaired) electrons. The summed E-state index contributed by atoms with van der Waals surface area (Å²) in [5, 5.41) is 0. The van der Waals surface area contributed by atoms with Crippen molar-refractivity contribution < 1.29 is 9.13 Å². The quantitative estimate of drug-likeness (QED) is 0.876. The van der Waals surface area contributed by atoms with Crippen molar-refractivity contribution in [1.29, 1.82) is 0 Å². The smallest absolute Gasteiger partial charge is 0.254 e. The molecule has 1 saturated carbocycles. The number of hydrogen-bond donors (Lipinski definition) is 1. The predicted molar refractivity (Wildman–Crippen MR) is 105 cm³/mol. The number of halogens is 1. The van der Waals surface area contributed by atoms with Crippen molar-refractivity contribution in [3.05, 3.63) is 52.1 Å². The number of ether oxygens (including phenoxy) is 1. The first kappa shape index (κ1) is 17.7. The first-order valence-corrected chi connectivity index (χ1v) is 10.1. The van der Waals surface area contributed by atoms with E-state index in [9.17, 15) is 9.18 Å². The van der Waals surface area contributed by atoms with Crippen LogP contribution in [0.5, 0.6) is 0 Å². The van der Waals surface area contributed by atoms with Gasteiger partial charge in [0, 0.05) is 31.7 Å². The first-order valence-electron chi connectivity index (χ1n) is 10.1. The van der Waals surface area contributed by atoms with E-state index in [1.165, 1.54) is 25.0 Å². The standard InChI is InChI=1S/C21H25FN4O2/c22-16-4-1-14(2-5-16)11-18-17-6-3-15(17)13-26(18)21-23-19(12-20(27)24-21)25-7-9-28-10-8-25/h1-2,4-5,12,15,17-18H,3,6-11,13H2,(H,23,24,27)/t15-,17-,18+/m0/s1. The second-order valence-electron chi connectivity index (χ2n) is 8.08. The Balaban J connectivity index is 1.44. The number of benzene rings is 1. The van der Waals surface area contributed by atoms with Gasteiger partial charge in [0.1, 0.15) is 11.6 Å². The van der Waals surface area contributed by atoms with Crippen LogP contribution in [0.15, 0.2) is 35.1 Å². The summed E-state index contributed by atoms with van der Waals surface area (Å²) in [5.41, 5.74) is 1.00. The van der Waals surface area contributed by atoms with E-state index in [-0.39, 0.29) is 17.4 Å². The number of anilines is 2. The molecule has 2 aromatic rings. The molecule has 2 aliphatic heterocycles. The topological polar surface area (TPSA) is 61.5 Å². The molecule has 3 aliphatic rings. The molecule has 0 unspecified atom stereocenters. The zero-order valence-corrected chi connectivity index (χ0v) is 15.8. The number of morpholine rings is 1. The van der Waals surface area contributed by atoms with E-state index in [1.807, 2.05) is 12.1 Å². The monoisotopic (exact) mass is 384 g/mol. The fraction of sp³-hybridized carbons (Fsp3) is 0.524. The number of H-pyrrole nitrogens is 1. The molecule has 3 heterocycles. The average molecular weight is 384 g/mol. The first-order chi connectivity index (χ1) is 13.7. The minimum Gasteiger partial charge on any atom is -0.378 e. The van der Waals surface area contributed by atoms with Crippen LogP contribution in [0.3, 0.4) is 0 Å². The predicted octanol–water partition coefficient (Wildman–Crippen LogP) is 2.20. The van der Waals surface area contributed by atoms with Gasteiger partial charge in [0.05, 0.1) is 13.2 Å². The maximum absolute atomic E-state index is 13.3. The summed E-state index contributed by atoms with van der Waals surface area (Å²) in [5.74, 6) is 2.44. The second kappa shape index (κ2) is 7.20. The maximum atomic E-state index is 13.3. The number of fused-ring (bicyclic) bond motifs is 1. The number of aromatic amines is 1. The molecule has 1 N–H and O–H groups in total. The summed E-state index contributed by atoms with van der Waals surface area (Å²) < 4.78 is 18.7. The molecule has 6 nitrogen and oxygen atoms in total. The molecule has 1 aromatic heterocycles. The fourth-order valence-corrected chi connectivity index (χ4v) is 4.84. The lowest BCUT2D eigenvalue weighted by atomic mass is 9.72. The van der Waals surface area contributed by atoms with Crippen LogP contribution in [0.25, 0.3) is 0 Å². The molecule has 0 amide bonds. The third-order valence-corrected chi connectivity index (χ3v) is 6.48. The molecule has 148 valence electrons. The van der Waals surface area contributed by atoms with Crippen molar-refractivity contribution in [2.24, 2.45) is 11.8 Å². The van der Waals surface area contributed by atoms with Crippen molar-refractivity contribution in [1.82, 2.24) is 9.97 Å². The number of nitrogens with one attached hydrogen (secondary N) is 1. The van der Waals surface area contributed by atoms with Crippen LogP contribution in [0.2, 0.25) is 0 Å². The van der Waals surface area contributed by atoms with Gasteiger partial charge in [0.25, 0.3) is 5.56 Å². The Labute approximate surface area is 163 Å². The Morgan fingerprint density at radius 3 is 2.68 bits per heavy atom. The van der Waals surface area contributed by atoms with Gasteiger partial charge in [-0.05, 0) is 48.8 Å². The van der Waals surface area contributed by atoms with Crippen molar-refractivity contribution >= 4 is 11.8 Å². The van der Waals surface area contributed by atoms with Crippen molar-refractivity contribution in [3.8, 4) is 0 Å². The third-order valence-electron chi connectivity index (χ3n) is 6.48. The summed E-state index contributed by atoms with van der Waals surface area (Å²) in [6, 6.07) is 8.62. The highest BCUT2D eigenvalue weighted by atomic mass is 19.1. The van der Waals surface area contributed by atoms with E-state index < -0.39 is 0 Å². The number of aromatic nitrogens is 2. The van der Waals surface area contributed by atoms with Crippen LogP contribution in [-0.2, 0) is 11.2 Å². The molecule has 5 rings (SSSR count). The second-order valence-corrected chi connectivity index (χ2v) is 8.08. The lowest BCUT2D eigenvalue weighted by molar-refractivity contribution is 0.122. The minimum absolute atomic E-state index is 0.119. The molecule has 3 fully saturated rings. The molecule has 0 spiro atoms. The Bertz CT molecular complexity index is 894. The van der Waals surface area contributed by atoms with Gasteiger partial charge in [-0.25, -0.2) is 4.39 Å². The maximum Gasteiger partial charge on any atom is 0.254 e. The van der Waals surface area contributed by atoms with Crippen LogP contribution in [0, 0.1) is 17.7 Å². The summed E-state index contributed by atoms with van der Waals surface area (Å²) in [6.07, 6.45) is 3.28. The van der Waals surface area contributed by atoms with Crippen LogP contribution in [0.1, 0.15) is 18.4 Å². The zero-order valence-electron chi connectivity index (χ0n) is 15.8. The van der Waals surface area contributed by atoms with Gasteiger partial charge < -0.3 is 14.5 Å². The number of nitrogens with zero attached hydrogens (tertiary/aromatic N) is 3. The van der Waals surface area contributed by atoms with E-state index >= 15 is 0 Å².